The topological polar surface area (TPSA) is 41.2 Å². The van der Waals surface area contributed by atoms with Crippen molar-refractivity contribution in [1.29, 1.82) is 0 Å². The van der Waals surface area contributed by atoms with Gasteiger partial charge in [0.05, 0.1) is 6.42 Å². The largest absolute Gasteiger partial charge is 1.00 e. The zero-order valence-electron chi connectivity index (χ0n) is 7.19. The summed E-state index contributed by atoms with van der Waals surface area (Å²) in [6.07, 6.45) is 4.79. The lowest BCUT2D eigenvalue weighted by atomic mass is 10.3. The van der Waals surface area contributed by atoms with E-state index in [9.17, 15) is 4.79 Å². The summed E-state index contributed by atoms with van der Waals surface area (Å²) in [5.74, 6) is -0.730. The molecule has 1 aromatic rings. The molecule has 0 aliphatic heterocycles. The Balaban J connectivity index is 0.00000144. The number of hydrogen-bond acceptors (Lipinski definition) is 1. The molecule has 0 amide bonds. The van der Waals surface area contributed by atoms with Gasteiger partial charge in [-0.15, -0.1) is 0 Å². The van der Waals surface area contributed by atoms with Crippen LogP contribution in [-0.4, -0.2) is 11.1 Å². The summed E-state index contributed by atoms with van der Waals surface area (Å²) in [6, 6.07) is 5.80. The highest BCUT2D eigenvalue weighted by atomic mass is 35.5. The molecule has 72 valence electrons. The molecule has 0 saturated heterocycles. The van der Waals surface area contributed by atoms with Crippen molar-refractivity contribution in [3.05, 3.63) is 30.6 Å². The van der Waals surface area contributed by atoms with Gasteiger partial charge >= 0.3 is 5.97 Å². The van der Waals surface area contributed by atoms with Crippen LogP contribution in [0.25, 0.3) is 0 Å². The Morgan fingerprint density at radius 3 is 2.38 bits per heavy atom. The number of pyridine rings is 1. The lowest BCUT2D eigenvalue weighted by molar-refractivity contribution is -0.697. The van der Waals surface area contributed by atoms with E-state index < -0.39 is 5.97 Å². The summed E-state index contributed by atoms with van der Waals surface area (Å²) >= 11 is 0. The summed E-state index contributed by atoms with van der Waals surface area (Å²) in [4.78, 5) is 10.2. The first-order chi connectivity index (χ1) is 5.79. The van der Waals surface area contributed by atoms with Crippen LogP contribution < -0.4 is 17.0 Å². The van der Waals surface area contributed by atoms with E-state index in [2.05, 4.69) is 0 Å². The van der Waals surface area contributed by atoms with Gasteiger partial charge in [-0.2, -0.15) is 0 Å². The predicted molar refractivity (Wildman–Crippen MR) is 43.5 cm³/mol. The van der Waals surface area contributed by atoms with E-state index in [0.717, 1.165) is 6.54 Å². The molecular formula is C9H12ClNO2. The summed E-state index contributed by atoms with van der Waals surface area (Å²) in [5, 5.41) is 8.38. The molecule has 1 heterocycles. The number of carboxylic acids is 1. The number of aliphatic carboxylic acids is 1. The second kappa shape index (κ2) is 6.43. The molecule has 0 fully saturated rings. The first kappa shape index (κ1) is 11.9. The van der Waals surface area contributed by atoms with Crippen molar-refractivity contribution in [2.24, 2.45) is 0 Å². The van der Waals surface area contributed by atoms with Gasteiger partial charge in [-0.05, 0) is 0 Å². The molecule has 0 aliphatic rings. The number of nitrogens with zero attached hydrogens (tertiary/aromatic N) is 1. The monoisotopic (exact) mass is 201 g/mol. The molecule has 1 aromatic heterocycles. The summed E-state index contributed by atoms with van der Waals surface area (Å²) in [7, 11) is 0. The molecule has 0 aromatic carbocycles. The average molecular weight is 202 g/mol. The lowest BCUT2D eigenvalue weighted by Gasteiger charge is -1.93. The van der Waals surface area contributed by atoms with Crippen molar-refractivity contribution in [3.63, 3.8) is 0 Å². The molecular weight excluding hydrogens is 190 g/mol. The van der Waals surface area contributed by atoms with Gasteiger partial charge in [0.1, 0.15) is 6.54 Å². The zero-order valence-corrected chi connectivity index (χ0v) is 7.94. The van der Waals surface area contributed by atoms with Gasteiger partial charge < -0.3 is 17.5 Å². The minimum absolute atomic E-state index is 0. The van der Waals surface area contributed by atoms with Crippen molar-refractivity contribution < 1.29 is 26.9 Å². The van der Waals surface area contributed by atoms with Crippen LogP contribution in [0, 0.1) is 0 Å². The molecule has 0 spiro atoms. The Morgan fingerprint density at radius 1 is 1.23 bits per heavy atom. The van der Waals surface area contributed by atoms with Gasteiger partial charge in [-0.1, -0.05) is 6.07 Å². The van der Waals surface area contributed by atoms with E-state index in [1.165, 1.54) is 0 Å². The molecule has 1 rings (SSSR count). The maximum atomic E-state index is 10.2. The molecule has 0 unspecified atom stereocenters. The molecule has 0 atom stereocenters. The van der Waals surface area contributed by atoms with Crippen molar-refractivity contribution in [2.45, 2.75) is 19.4 Å². The molecule has 1 N–H and O–H groups in total. The minimum atomic E-state index is -0.730. The number of carbonyl (C=O) groups is 1. The van der Waals surface area contributed by atoms with E-state index in [0.29, 0.717) is 6.42 Å². The second-order valence-corrected chi connectivity index (χ2v) is 2.61. The number of halogens is 1. The Morgan fingerprint density at radius 2 is 1.85 bits per heavy atom. The quantitative estimate of drug-likeness (QED) is 0.564. The molecule has 13 heavy (non-hydrogen) atoms. The number of hydrogen-bond donors (Lipinski definition) is 1. The van der Waals surface area contributed by atoms with E-state index in [-0.39, 0.29) is 18.8 Å². The SMILES string of the molecule is O=C(O)CCC[n+]1ccccc1.[Cl-]. The molecule has 4 heteroatoms. The van der Waals surface area contributed by atoms with Crippen LogP contribution >= 0.6 is 0 Å². The van der Waals surface area contributed by atoms with Crippen LogP contribution in [0.3, 0.4) is 0 Å². The van der Waals surface area contributed by atoms with Gasteiger partial charge in [0.2, 0.25) is 0 Å². The van der Waals surface area contributed by atoms with Gasteiger partial charge in [0.25, 0.3) is 0 Å². The normalized spacial score (nSPS) is 8.92. The van der Waals surface area contributed by atoms with Gasteiger partial charge in [-0.25, -0.2) is 4.57 Å². The summed E-state index contributed by atoms with van der Waals surface area (Å²) < 4.78 is 1.98. The van der Waals surface area contributed by atoms with Crippen LogP contribution in [-0.2, 0) is 11.3 Å². The van der Waals surface area contributed by atoms with Crippen LogP contribution in [0.2, 0.25) is 0 Å². The number of aromatic nitrogens is 1. The smallest absolute Gasteiger partial charge is 0.303 e. The van der Waals surface area contributed by atoms with Crippen LogP contribution in [0.1, 0.15) is 12.8 Å². The standard InChI is InChI=1S/C9H11NO2.ClH/c11-9(12)5-4-8-10-6-2-1-3-7-10;/h1-3,6-7H,4-5,8H2;1H. The van der Waals surface area contributed by atoms with E-state index in [1.807, 2.05) is 35.2 Å². The third kappa shape index (κ3) is 5.20. The number of aryl methyl sites for hydroxylation is 1. The molecule has 0 aliphatic carbocycles. The third-order valence-corrected chi connectivity index (χ3v) is 1.58. The highest BCUT2D eigenvalue weighted by Gasteiger charge is 2.00. The summed E-state index contributed by atoms with van der Waals surface area (Å²) in [5.41, 5.74) is 0. The number of rotatable bonds is 4. The minimum Gasteiger partial charge on any atom is -1.00 e. The first-order valence-corrected chi connectivity index (χ1v) is 3.95. The number of carboxylic acid groups (broad SMARTS) is 1. The highest BCUT2D eigenvalue weighted by Crippen LogP contribution is 1.88. The van der Waals surface area contributed by atoms with E-state index in [1.54, 1.807) is 0 Å². The van der Waals surface area contributed by atoms with E-state index in [4.69, 9.17) is 5.11 Å². The van der Waals surface area contributed by atoms with Gasteiger partial charge in [0.15, 0.2) is 12.4 Å². The summed E-state index contributed by atoms with van der Waals surface area (Å²) in [6.45, 7) is 0.771. The van der Waals surface area contributed by atoms with Crippen molar-refractivity contribution >= 4 is 5.97 Å². The molecule has 0 bridgehead atoms. The fourth-order valence-corrected chi connectivity index (χ4v) is 0.996. The van der Waals surface area contributed by atoms with Gasteiger partial charge in [-0.3, -0.25) is 4.79 Å². The third-order valence-electron chi connectivity index (χ3n) is 1.58. The Labute approximate surface area is 83.4 Å². The maximum Gasteiger partial charge on any atom is 0.303 e. The fraction of sp³-hybridized carbons (Fsp3) is 0.333. The van der Waals surface area contributed by atoms with Gasteiger partial charge in [0, 0.05) is 18.6 Å². The molecule has 3 nitrogen and oxygen atoms in total. The van der Waals surface area contributed by atoms with Crippen molar-refractivity contribution in [2.75, 3.05) is 0 Å². The van der Waals surface area contributed by atoms with E-state index >= 15 is 0 Å². The lowest BCUT2D eigenvalue weighted by Crippen LogP contribution is -3.00. The van der Waals surface area contributed by atoms with Crippen LogP contribution in [0.4, 0.5) is 0 Å². The van der Waals surface area contributed by atoms with Crippen LogP contribution in [0.5, 0.6) is 0 Å². The molecule has 0 saturated carbocycles. The Hall–Kier alpha value is -1.09. The predicted octanol–water partition coefficient (Wildman–Crippen LogP) is -2.16. The van der Waals surface area contributed by atoms with Crippen molar-refractivity contribution in [3.8, 4) is 0 Å². The highest BCUT2D eigenvalue weighted by molar-refractivity contribution is 5.66. The fourth-order valence-electron chi connectivity index (χ4n) is 0.996. The Bertz CT molecular complexity index is 251. The average Bonchev–Trinajstić information content (AvgIpc) is 2.05. The maximum absolute atomic E-state index is 10.2. The zero-order chi connectivity index (χ0) is 8.81. The second-order valence-electron chi connectivity index (χ2n) is 2.61. The van der Waals surface area contributed by atoms with Crippen molar-refractivity contribution in [1.82, 2.24) is 0 Å². The Kier molecular flexibility index (Phi) is 5.89. The first-order valence-electron chi connectivity index (χ1n) is 3.95. The van der Waals surface area contributed by atoms with Crippen LogP contribution in [0.15, 0.2) is 30.6 Å². The molecule has 0 radical (unpaired) electrons.